The average Bonchev–Trinajstić information content (AvgIpc) is 3.05. The minimum atomic E-state index is -0.600. The van der Waals surface area contributed by atoms with Crippen molar-refractivity contribution in [2.75, 3.05) is 13.2 Å². The maximum absolute atomic E-state index is 9.93. The van der Waals surface area contributed by atoms with Gasteiger partial charge in [0.05, 0.1) is 11.6 Å². The summed E-state index contributed by atoms with van der Waals surface area (Å²) in [5, 5.41) is 26.1. The first kappa shape index (κ1) is 15.5. The molecule has 21 heavy (non-hydrogen) atoms. The molecule has 0 radical (unpaired) electrons. The Morgan fingerprint density at radius 1 is 1.43 bits per heavy atom. The lowest BCUT2D eigenvalue weighted by molar-refractivity contribution is 0.104. The van der Waals surface area contributed by atoms with E-state index in [4.69, 9.17) is 10.00 Å². The highest BCUT2D eigenvalue weighted by molar-refractivity contribution is 7.07. The summed E-state index contributed by atoms with van der Waals surface area (Å²) in [6.07, 6.45) is -0.600. The molecule has 2 rings (SSSR count). The molecule has 0 aliphatic carbocycles. The smallest absolute Gasteiger partial charge is 0.120 e. The van der Waals surface area contributed by atoms with E-state index in [0.29, 0.717) is 17.9 Å². The molecule has 0 aliphatic heterocycles. The second kappa shape index (κ2) is 7.79. The molecule has 0 saturated carbocycles. The van der Waals surface area contributed by atoms with Crippen molar-refractivity contribution in [3.05, 3.63) is 52.2 Å². The molecule has 1 heterocycles. The summed E-state index contributed by atoms with van der Waals surface area (Å²) in [4.78, 5) is 0. The molecule has 1 aromatic heterocycles. The van der Waals surface area contributed by atoms with E-state index in [0.717, 1.165) is 0 Å². The van der Waals surface area contributed by atoms with Gasteiger partial charge < -0.3 is 15.2 Å². The van der Waals surface area contributed by atoms with Crippen molar-refractivity contribution >= 4 is 11.3 Å². The van der Waals surface area contributed by atoms with Crippen LogP contribution < -0.4 is 10.1 Å². The summed E-state index contributed by atoms with van der Waals surface area (Å²) in [6.45, 7) is 2.71. The van der Waals surface area contributed by atoms with E-state index in [1.807, 2.05) is 5.38 Å². The molecule has 0 fully saturated rings. The van der Waals surface area contributed by atoms with Gasteiger partial charge in [-0.25, -0.2) is 0 Å². The molecule has 0 bridgehead atoms. The van der Waals surface area contributed by atoms with Crippen molar-refractivity contribution in [1.82, 2.24) is 5.32 Å². The van der Waals surface area contributed by atoms with Gasteiger partial charge in [0.25, 0.3) is 0 Å². The number of nitriles is 1. The normalized spacial score (nSPS) is 13.4. The number of nitrogens with zero attached hydrogens (tertiary/aromatic N) is 1. The highest BCUT2D eigenvalue weighted by Crippen LogP contribution is 2.15. The number of aliphatic hydroxyl groups excluding tert-OH is 1. The molecule has 2 atom stereocenters. The van der Waals surface area contributed by atoms with Crippen molar-refractivity contribution in [3.8, 4) is 11.8 Å². The highest BCUT2D eigenvalue weighted by Gasteiger charge is 2.10. The van der Waals surface area contributed by atoms with Crippen molar-refractivity contribution < 1.29 is 9.84 Å². The van der Waals surface area contributed by atoms with E-state index in [1.165, 1.54) is 5.56 Å². The minimum Gasteiger partial charge on any atom is -0.491 e. The number of benzene rings is 1. The highest BCUT2D eigenvalue weighted by atomic mass is 32.1. The van der Waals surface area contributed by atoms with Crippen molar-refractivity contribution in [3.63, 3.8) is 0 Å². The lowest BCUT2D eigenvalue weighted by Crippen LogP contribution is -2.32. The van der Waals surface area contributed by atoms with Crippen LogP contribution in [-0.2, 0) is 0 Å². The Morgan fingerprint density at radius 2 is 2.29 bits per heavy atom. The number of hydrogen-bond donors (Lipinski definition) is 2. The first-order valence-electron chi connectivity index (χ1n) is 6.75. The number of rotatable bonds is 7. The Hall–Kier alpha value is -1.87. The zero-order valence-electron chi connectivity index (χ0n) is 11.8. The Balaban J connectivity index is 1.74. The summed E-state index contributed by atoms with van der Waals surface area (Å²) in [5.74, 6) is 0.596. The summed E-state index contributed by atoms with van der Waals surface area (Å²) in [7, 11) is 0. The van der Waals surface area contributed by atoms with Crippen LogP contribution in [0.4, 0.5) is 0 Å². The maximum Gasteiger partial charge on any atom is 0.120 e. The monoisotopic (exact) mass is 302 g/mol. The molecule has 2 N–H and O–H groups in total. The number of ether oxygens (including phenoxy) is 1. The molecule has 0 aliphatic rings. The molecule has 0 amide bonds. The molecule has 2 aromatic rings. The van der Waals surface area contributed by atoms with Gasteiger partial charge in [-0.2, -0.15) is 16.6 Å². The second-order valence-corrected chi connectivity index (χ2v) is 5.57. The number of nitrogens with one attached hydrogen (secondary N) is 1. The fourth-order valence-electron chi connectivity index (χ4n) is 1.86. The van der Waals surface area contributed by atoms with E-state index in [2.05, 4.69) is 29.8 Å². The van der Waals surface area contributed by atoms with Gasteiger partial charge in [0.15, 0.2) is 0 Å². The summed E-state index contributed by atoms with van der Waals surface area (Å²) in [5.41, 5.74) is 1.76. The van der Waals surface area contributed by atoms with Crippen LogP contribution in [0.25, 0.3) is 0 Å². The van der Waals surface area contributed by atoms with Crippen LogP contribution >= 0.6 is 11.3 Å². The molecule has 2 unspecified atom stereocenters. The van der Waals surface area contributed by atoms with Gasteiger partial charge in [-0.05, 0) is 47.5 Å². The lowest BCUT2D eigenvalue weighted by atomic mass is 10.2. The molecular formula is C16H18N2O2S. The van der Waals surface area contributed by atoms with E-state index < -0.39 is 6.10 Å². The molecular weight excluding hydrogens is 284 g/mol. The van der Waals surface area contributed by atoms with Crippen LogP contribution in [0.1, 0.15) is 24.1 Å². The quantitative estimate of drug-likeness (QED) is 0.825. The van der Waals surface area contributed by atoms with Gasteiger partial charge in [0.1, 0.15) is 18.5 Å². The zero-order chi connectivity index (χ0) is 15.1. The van der Waals surface area contributed by atoms with Crippen LogP contribution in [0.5, 0.6) is 5.75 Å². The Bertz CT molecular complexity index is 593. The minimum absolute atomic E-state index is 0.193. The van der Waals surface area contributed by atoms with Crippen molar-refractivity contribution in [2.45, 2.75) is 19.1 Å². The molecule has 1 aromatic carbocycles. The standard InChI is InChI=1S/C16H18N2O2S/c1-12(14-5-6-21-11-14)18-9-15(19)10-20-16-4-2-3-13(7-16)8-17/h2-7,11-12,15,18-19H,9-10H2,1H3. The first-order valence-corrected chi connectivity index (χ1v) is 7.70. The van der Waals surface area contributed by atoms with Crippen LogP contribution in [0, 0.1) is 11.3 Å². The average molecular weight is 302 g/mol. The molecule has 110 valence electrons. The fourth-order valence-corrected chi connectivity index (χ4v) is 2.61. The van der Waals surface area contributed by atoms with Crippen LogP contribution in [0.3, 0.4) is 0 Å². The molecule has 0 saturated heterocycles. The van der Waals surface area contributed by atoms with Gasteiger partial charge in [-0.3, -0.25) is 0 Å². The van der Waals surface area contributed by atoms with Crippen molar-refractivity contribution in [2.24, 2.45) is 0 Å². The van der Waals surface area contributed by atoms with E-state index >= 15 is 0 Å². The second-order valence-electron chi connectivity index (χ2n) is 4.79. The first-order chi connectivity index (χ1) is 10.2. The third-order valence-electron chi connectivity index (χ3n) is 3.11. The topological polar surface area (TPSA) is 65.3 Å². The van der Waals surface area contributed by atoms with Gasteiger partial charge >= 0.3 is 0 Å². The molecule has 4 nitrogen and oxygen atoms in total. The molecule has 5 heteroatoms. The van der Waals surface area contributed by atoms with Crippen LogP contribution in [0.2, 0.25) is 0 Å². The van der Waals surface area contributed by atoms with Gasteiger partial charge in [-0.1, -0.05) is 6.07 Å². The van der Waals surface area contributed by atoms with Crippen LogP contribution in [-0.4, -0.2) is 24.4 Å². The molecule has 0 spiro atoms. The van der Waals surface area contributed by atoms with Gasteiger partial charge in [0.2, 0.25) is 0 Å². The zero-order valence-corrected chi connectivity index (χ0v) is 12.6. The van der Waals surface area contributed by atoms with Gasteiger partial charge in [0, 0.05) is 12.6 Å². The summed E-state index contributed by atoms with van der Waals surface area (Å²) >= 11 is 1.66. The van der Waals surface area contributed by atoms with E-state index in [9.17, 15) is 5.11 Å². The summed E-state index contributed by atoms with van der Waals surface area (Å²) in [6, 6.07) is 11.2. The predicted molar refractivity (Wildman–Crippen MR) is 83.4 cm³/mol. The SMILES string of the molecule is CC(NCC(O)COc1cccc(C#N)c1)c1ccsc1. The predicted octanol–water partition coefficient (Wildman–Crippen LogP) is 2.71. The van der Waals surface area contributed by atoms with E-state index in [-0.39, 0.29) is 12.6 Å². The van der Waals surface area contributed by atoms with Crippen LogP contribution in [0.15, 0.2) is 41.1 Å². The maximum atomic E-state index is 9.93. The largest absolute Gasteiger partial charge is 0.491 e. The third-order valence-corrected chi connectivity index (χ3v) is 3.81. The fraction of sp³-hybridized carbons (Fsp3) is 0.312. The Morgan fingerprint density at radius 3 is 3.00 bits per heavy atom. The Labute approximate surface area is 128 Å². The van der Waals surface area contributed by atoms with E-state index in [1.54, 1.807) is 35.6 Å². The third kappa shape index (κ3) is 4.87. The lowest BCUT2D eigenvalue weighted by Gasteiger charge is -2.17. The Kier molecular flexibility index (Phi) is 5.76. The van der Waals surface area contributed by atoms with Gasteiger partial charge in [-0.15, -0.1) is 0 Å². The number of aliphatic hydroxyl groups is 1. The number of thiophene rings is 1. The summed E-state index contributed by atoms with van der Waals surface area (Å²) < 4.78 is 5.49. The number of hydrogen-bond acceptors (Lipinski definition) is 5. The van der Waals surface area contributed by atoms with Crippen molar-refractivity contribution in [1.29, 1.82) is 5.26 Å².